The second-order valence-electron chi connectivity index (χ2n) is 4.18. The van der Waals surface area contributed by atoms with Gasteiger partial charge in [0.25, 0.3) is 5.91 Å². The molecule has 2 aromatic rings. The zero-order chi connectivity index (χ0) is 15.1. The van der Waals surface area contributed by atoms with Crippen LogP contribution in [0.15, 0.2) is 36.7 Å². The highest BCUT2D eigenvalue weighted by Crippen LogP contribution is 2.14. The molecule has 2 heterocycles. The zero-order valence-electron chi connectivity index (χ0n) is 12.0. The molecular formula is C15H17N3O3. The Hall–Kier alpha value is -2.63. The van der Waals surface area contributed by atoms with Gasteiger partial charge in [-0.15, -0.1) is 0 Å². The van der Waals surface area contributed by atoms with E-state index in [-0.39, 0.29) is 5.91 Å². The minimum Gasteiger partial charge on any atom is -0.481 e. The Kier molecular flexibility index (Phi) is 5.09. The Morgan fingerprint density at radius 1 is 1.29 bits per heavy atom. The molecule has 1 amide bonds. The Morgan fingerprint density at radius 3 is 2.81 bits per heavy atom. The maximum absolute atomic E-state index is 12.2. The maximum atomic E-state index is 12.2. The van der Waals surface area contributed by atoms with Crippen molar-refractivity contribution in [3.63, 3.8) is 0 Å². The van der Waals surface area contributed by atoms with Gasteiger partial charge >= 0.3 is 0 Å². The van der Waals surface area contributed by atoms with E-state index in [2.05, 4.69) is 15.3 Å². The summed E-state index contributed by atoms with van der Waals surface area (Å²) < 4.78 is 10.3. The van der Waals surface area contributed by atoms with Gasteiger partial charge < -0.3 is 14.8 Å². The van der Waals surface area contributed by atoms with Gasteiger partial charge in [0.2, 0.25) is 11.8 Å². The molecule has 0 aliphatic rings. The van der Waals surface area contributed by atoms with E-state index in [4.69, 9.17) is 9.47 Å². The van der Waals surface area contributed by atoms with Gasteiger partial charge in [0.1, 0.15) is 5.56 Å². The Bertz CT molecular complexity index is 599. The van der Waals surface area contributed by atoms with Crippen LogP contribution in [0.25, 0.3) is 0 Å². The third-order valence-corrected chi connectivity index (χ3v) is 2.76. The van der Waals surface area contributed by atoms with E-state index in [0.29, 0.717) is 30.5 Å². The second-order valence-corrected chi connectivity index (χ2v) is 4.18. The number of methoxy groups -OCH3 is 1. The van der Waals surface area contributed by atoms with Crippen LogP contribution in [0.1, 0.15) is 22.8 Å². The molecule has 1 N–H and O–H groups in total. The molecule has 6 heteroatoms. The van der Waals surface area contributed by atoms with Crippen LogP contribution in [-0.2, 0) is 6.54 Å². The Labute approximate surface area is 123 Å². The standard InChI is InChI=1S/C15H17N3O3/c1-3-21-15-12(5-4-8-16-15)14(19)18-10-11-6-7-13(20-2)17-9-11/h4-9H,3,10H2,1-2H3,(H,18,19). The molecule has 0 bridgehead atoms. The summed E-state index contributed by atoms with van der Waals surface area (Å²) in [7, 11) is 1.56. The first-order valence-electron chi connectivity index (χ1n) is 6.59. The number of hydrogen-bond donors (Lipinski definition) is 1. The fraction of sp³-hybridized carbons (Fsp3) is 0.267. The summed E-state index contributed by atoms with van der Waals surface area (Å²) in [6.45, 7) is 2.68. The van der Waals surface area contributed by atoms with E-state index in [0.717, 1.165) is 5.56 Å². The SMILES string of the molecule is CCOc1ncccc1C(=O)NCc1ccc(OC)nc1. The summed E-state index contributed by atoms with van der Waals surface area (Å²) in [4.78, 5) is 20.3. The molecule has 6 nitrogen and oxygen atoms in total. The second kappa shape index (κ2) is 7.23. The minimum atomic E-state index is -0.234. The summed E-state index contributed by atoms with van der Waals surface area (Å²) in [6.07, 6.45) is 3.25. The quantitative estimate of drug-likeness (QED) is 0.877. The normalized spacial score (nSPS) is 10.0. The van der Waals surface area contributed by atoms with Crippen molar-refractivity contribution in [2.24, 2.45) is 0 Å². The highest BCUT2D eigenvalue weighted by Gasteiger charge is 2.12. The molecule has 0 unspecified atom stereocenters. The highest BCUT2D eigenvalue weighted by atomic mass is 16.5. The van der Waals surface area contributed by atoms with Crippen LogP contribution >= 0.6 is 0 Å². The number of rotatable bonds is 6. The first kappa shape index (κ1) is 14.8. The molecule has 110 valence electrons. The number of nitrogens with zero attached hydrogens (tertiary/aromatic N) is 2. The summed E-state index contributed by atoms with van der Waals surface area (Å²) in [5, 5.41) is 2.81. The summed E-state index contributed by atoms with van der Waals surface area (Å²) >= 11 is 0. The van der Waals surface area contributed by atoms with Crippen LogP contribution in [0.3, 0.4) is 0 Å². The fourth-order valence-corrected chi connectivity index (χ4v) is 1.73. The first-order valence-corrected chi connectivity index (χ1v) is 6.59. The molecule has 0 aliphatic heterocycles. The number of hydrogen-bond acceptors (Lipinski definition) is 5. The molecule has 0 saturated heterocycles. The van der Waals surface area contributed by atoms with Gasteiger partial charge in [0.05, 0.1) is 13.7 Å². The molecule has 0 radical (unpaired) electrons. The van der Waals surface area contributed by atoms with Crippen LogP contribution < -0.4 is 14.8 Å². The lowest BCUT2D eigenvalue weighted by Crippen LogP contribution is -2.23. The summed E-state index contributed by atoms with van der Waals surface area (Å²) in [6, 6.07) is 6.97. The van der Waals surface area contributed by atoms with E-state index in [9.17, 15) is 4.79 Å². The smallest absolute Gasteiger partial charge is 0.257 e. The Balaban J connectivity index is 2.01. The van der Waals surface area contributed by atoms with E-state index in [1.165, 1.54) is 0 Å². The fourth-order valence-electron chi connectivity index (χ4n) is 1.73. The van der Waals surface area contributed by atoms with Gasteiger partial charge in [-0.2, -0.15) is 0 Å². The van der Waals surface area contributed by atoms with Crippen molar-refractivity contribution >= 4 is 5.91 Å². The lowest BCUT2D eigenvalue weighted by molar-refractivity contribution is 0.0946. The van der Waals surface area contributed by atoms with Crippen molar-refractivity contribution < 1.29 is 14.3 Å². The van der Waals surface area contributed by atoms with Crippen molar-refractivity contribution in [1.82, 2.24) is 15.3 Å². The average molecular weight is 287 g/mol. The topological polar surface area (TPSA) is 73.3 Å². The van der Waals surface area contributed by atoms with E-state index >= 15 is 0 Å². The third-order valence-electron chi connectivity index (χ3n) is 2.76. The molecule has 0 atom stereocenters. The molecule has 2 aromatic heterocycles. The number of aromatic nitrogens is 2. The van der Waals surface area contributed by atoms with Gasteiger partial charge in [-0.1, -0.05) is 6.07 Å². The summed E-state index contributed by atoms with van der Waals surface area (Å²) in [5.74, 6) is 0.642. The number of carbonyl (C=O) groups excluding carboxylic acids is 1. The van der Waals surface area contributed by atoms with Crippen molar-refractivity contribution in [3.8, 4) is 11.8 Å². The number of carbonyl (C=O) groups is 1. The third kappa shape index (κ3) is 3.92. The highest BCUT2D eigenvalue weighted by molar-refractivity contribution is 5.96. The lowest BCUT2D eigenvalue weighted by atomic mass is 10.2. The van der Waals surface area contributed by atoms with Crippen LogP contribution in [0.5, 0.6) is 11.8 Å². The molecule has 0 saturated carbocycles. The Morgan fingerprint density at radius 2 is 2.14 bits per heavy atom. The number of pyridine rings is 2. The van der Waals surface area contributed by atoms with Crippen LogP contribution in [0.2, 0.25) is 0 Å². The molecule has 2 rings (SSSR count). The average Bonchev–Trinajstić information content (AvgIpc) is 2.54. The van der Waals surface area contributed by atoms with E-state index in [1.807, 2.05) is 13.0 Å². The number of nitrogens with one attached hydrogen (secondary N) is 1. The molecule has 0 aliphatic carbocycles. The molecular weight excluding hydrogens is 270 g/mol. The van der Waals surface area contributed by atoms with Crippen molar-refractivity contribution in [1.29, 1.82) is 0 Å². The monoisotopic (exact) mass is 287 g/mol. The van der Waals surface area contributed by atoms with E-state index in [1.54, 1.807) is 37.7 Å². The zero-order valence-corrected chi connectivity index (χ0v) is 12.0. The number of ether oxygens (including phenoxy) is 2. The predicted octanol–water partition coefficient (Wildman–Crippen LogP) is 1.81. The van der Waals surface area contributed by atoms with Crippen LogP contribution in [-0.4, -0.2) is 29.6 Å². The minimum absolute atomic E-state index is 0.234. The van der Waals surface area contributed by atoms with E-state index < -0.39 is 0 Å². The first-order chi connectivity index (χ1) is 10.2. The van der Waals surface area contributed by atoms with Gasteiger partial charge in [-0.05, 0) is 24.6 Å². The molecule has 21 heavy (non-hydrogen) atoms. The van der Waals surface area contributed by atoms with Crippen molar-refractivity contribution in [2.45, 2.75) is 13.5 Å². The summed E-state index contributed by atoms with van der Waals surface area (Å²) in [5.41, 5.74) is 1.30. The van der Waals surface area contributed by atoms with Gasteiger partial charge in [0, 0.05) is 25.0 Å². The largest absolute Gasteiger partial charge is 0.481 e. The molecule has 0 fully saturated rings. The molecule has 0 spiro atoms. The molecule has 0 aromatic carbocycles. The van der Waals surface area contributed by atoms with Crippen LogP contribution in [0.4, 0.5) is 0 Å². The van der Waals surface area contributed by atoms with Gasteiger partial charge in [-0.3, -0.25) is 4.79 Å². The van der Waals surface area contributed by atoms with Gasteiger partial charge in [-0.25, -0.2) is 9.97 Å². The van der Waals surface area contributed by atoms with Gasteiger partial charge in [0.15, 0.2) is 0 Å². The van der Waals surface area contributed by atoms with Crippen molar-refractivity contribution in [2.75, 3.05) is 13.7 Å². The van der Waals surface area contributed by atoms with Crippen molar-refractivity contribution in [3.05, 3.63) is 47.8 Å². The lowest BCUT2D eigenvalue weighted by Gasteiger charge is -2.09. The predicted molar refractivity (Wildman–Crippen MR) is 77.4 cm³/mol. The maximum Gasteiger partial charge on any atom is 0.257 e. The van der Waals surface area contributed by atoms with Crippen LogP contribution in [0, 0.1) is 0 Å². The number of amides is 1.